The molecule has 0 atom stereocenters. The van der Waals surface area contributed by atoms with Gasteiger partial charge in [-0.05, 0) is 43.4 Å². The molecule has 1 aliphatic rings. The number of nitrogens with two attached hydrogens (primary N) is 1. The lowest BCUT2D eigenvalue weighted by atomic mass is 9.98. The summed E-state index contributed by atoms with van der Waals surface area (Å²) in [4.78, 5) is 4.34. The number of hydrogen-bond donors (Lipinski definition) is 3. The van der Waals surface area contributed by atoms with Crippen LogP contribution < -0.4 is 15.8 Å². The lowest BCUT2D eigenvalue weighted by molar-refractivity contribution is 0.0277. The third-order valence-corrected chi connectivity index (χ3v) is 5.63. The van der Waals surface area contributed by atoms with E-state index in [1.807, 2.05) is 0 Å². The van der Waals surface area contributed by atoms with Gasteiger partial charge in [-0.25, -0.2) is 13.6 Å². The van der Waals surface area contributed by atoms with Crippen LogP contribution in [0.4, 0.5) is 0 Å². The van der Waals surface area contributed by atoms with E-state index in [2.05, 4.69) is 15.6 Å². The molecule has 9 heteroatoms. The first kappa shape index (κ1) is 25.1. The fourth-order valence-electron chi connectivity index (χ4n) is 3.15. The van der Waals surface area contributed by atoms with Gasteiger partial charge in [0.05, 0.1) is 11.0 Å². The molecule has 0 unspecified atom stereocenters. The molecule has 0 aliphatic heterocycles. The minimum atomic E-state index is -3.63. The zero-order chi connectivity index (χ0) is 19.5. The van der Waals surface area contributed by atoms with Crippen molar-refractivity contribution in [1.82, 2.24) is 10.6 Å². The molecule has 4 N–H and O–H groups in total. The van der Waals surface area contributed by atoms with E-state index < -0.39 is 10.0 Å². The van der Waals surface area contributed by atoms with E-state index in [0.29, 0.717) is 12.6 Å². The fraction of sp³-hybridized carbons (Fsp3) is 0.632. The predicted molar refractivity (Wildman–Crippen MR) is 124 cm³/mol. The molecular formula is C19H33IN4O3S. The van der Waals surface area contributed by atoms with Crippen molar-refractivity contribution in [3.05, 3.63) is 29.8 Å². The molecule has 1 aliphatic carbocycles. The van der Waals surface area contributed by atoms with Crippen molar-refractivity contribution in [2.75, 3.05) is 26.7 Å². The highest BCUT2D eigenvalue weighted by atomic mass is 127. The van der Waals surface area contributed by atoms with Crippen LogP contribution >= 0.6 is 24.0 Å². The van der Waals surface area contributed by atoms with Gasteiger partial charge in [-0.2, -0.15) is 0 Å². The summed E-state index contributed by atoms with van der Waals surface area (Å²) in [6.45, 7) is 2.30. The number of aliphatic imine (C=N–C) groups is 1. The summed E-state index contributed by atoms with van der Waals surface area (Å²) in [6.07, 6.45) is 8.51. The Balaban J connectivity index is 0.00000392. The zero-order valence-corrected chi connectivity index (χ0v) is 19.7. The van der Waals surface area contributed by atoms with Gasteiger partial charge in [-0.1, -0.05) is 31.4 Å². The smallest absolute Gasteiger partial charge is 0.238 e. The van der Waals surface area contributed by atoms with Gasteiger partial charge in [-0.3, -0.25) is 4.99 Å². The minimum absolute atomic E-state index is 0. The Morgan fingerprint density at radius 3 is 2.39 bits per heavy atom. The van der Waals surface area contributed by atoms with Crippen LogP contribution in [-0.4, -0.2) is 47.2 Å². The number of halogens is 1. The summed E-state index contributed by atoms with van der Waals surface area (Å²) >= 11 is 0. The van der Waals surface area contributed by atoms with Crippen molar-refractivity contribution in [2.24, 2.45) is 10.1 Å². The van der Waals surface area contributed by atoms with Crippen LogP contribution in [-0.2, 0) is 21.2 Å². The number of nitrogens with one attached hydrogen (secondary N) is 2. The van der Waals surface area contributed by atoms with E-state index in [-0.39, 0.29) is 28.9 Å². The second-order valence-corrected chi connectivity index (χ2v) is 8.41. The van der Waals surface area contributed by atoms with Crippen LogP contribution in [0.25, 0.3) is 0 Å². The molecule has 0 heterocycles. The Bertz CT molecular complexity index is 690. The zero-order valence-electron chi connectivity index (χ0n) is 16.5. The summed E-state index contributed by atoms with van der Waals surface area (Å²) < 4.78 is 28.4. The highest BCUT2D eigenvalue weighted by molar-refractivity contribution is 14.0. The monoisotopic (exact) mass is 524 g/mol. The SMILES string of the molecule is CN=C(NCCCOC1CCCCC1)NCCc1ccc(S(N)(=O)=O)cc1.I. The molecular weight excluding hydrogens is 491 g/mol. The Morgan fingerprint density at radius 2 is 1.79 bits per heavy atom. The van der Waals surface area contributed by atoms with E-state index in [1.165, 1.54) is 44.2 Å². The summed E-state index contributed by atoms with van der Waals surface area (Å²) in [7, 11) is -1.89. The maximum absolute atomic E-state index is 11.3. The van der Waals surface area contributed by atoms with Gasteiger partial charge in [0.2, 0.25) is 10.0 Å². The van der Waals surface area contributed by atoms with Gasteiger partial charge in [0.15, 0.2) is 5.96 Å². The number of sulfonamides is 1. The molecule has 1 aromatic rings. The second-order valence-electron chi connectivity index (χ2n) is 6.85. The third kappa shape index (κ3) is 9.53. The molecule has 1 fully saturated rings. The van der Waals surface area contributed by atoms with E-state index in [0.717, 1.165) is 37.5 Å². The van der Waals surface area contributed by atoms with E-state index in [4.69, 9.17) is 9.88 Å². The topological polar surface area (TPSA) is 106 Å². The normalized spacial score (nSPS) is 15.7. The molecule has 0 bridgehead atoms. The quantitative estimate of drug-likeness (QED) is 0.199. The van der Waals surface area contributed by atoms with Crippen molar-refractivity contribution >= 4 is 40.0 Å². The molecule has 0 aromatic heterocycles. The maximum Gasteiger partial charge on any atom is 0.238 e. The number of benzene rings is 1. The van der Waals surface area contributed by atoms with Gasteiger partial charge in [0.25, 0.3) is 0 Å². The number of rotatable bonds is 9. The third-order valence-electron chi connectivity index (χ3n) is 4.70. The molecule has 160 valence electrons. The van der Waals surface area contributed by atoms with Gasteiger partial charge in [0.1, 0.15) is 0 Å². The molecule has 28 heavy (non-hydrogen) atoms. The van der Waals surface area contributed by atoms with Crippen molar-refractivity contribution in [1.29, 1.82) is 0 Å². The maximum atomic E-state index is 11.3. The van der Waals surface area contributed by atoms with Crippen LogP contribution in [0.1, 0.15) is 44.1 Å². The number of primary sulfonamides is 1. The molecule has 0 saturated heterocycles. The lowest BCUT2D eigenvalue weighted by Gasteiger charge is -2.22. The van der Waals surface area contributed by atoms with E-state index >= 15 is 0 Å². The van der Waals surface area contributed by atoms with Crippen molar-refractivity contribution in [3.63, 3.8) is 0 Å². The van der Waals surface area contributed by atoms with Crippen molar-refractivity contribution in [2.45, 2.75) is 55.9 Å². The molecule has 0 spiro atoms. The van der Waals surface area contributed by atoms with Crippen LogP contribution in [0.2, 0.25) is 0 Å². The first-order valence-corrected chi connectivity index (χ1v) is 11.2. The van der Waals surface area contributed by atoms with Gasteiger partial charge in [0, 0.05) is 26.7 Å². The number of ether oxygens (including phenoxy) is 1. The first-order valence-electron chi connectivity index (χ1n) is 9.67. The van der Waals surface area contributed by atoms with Crippen molar-refractivity contribution < 1.29 is 13.2 Å². The largest absolute Gasteiger partial charge is 0.378 e. The number of nitrogens with zero attached hydrogens (tertiary/aromatic N) is 1. The molecule has 1 aromatic carbocycles. The average Bonchev–Trinajstić information content (AvgIpc) is 2.67. The fourth-order valence-corrected chi connectivity index (χ4v) is 3.67. The molecule has 0 radical (unpaired) electrons. The van der Waals surface area contributed by atoms with Crippen LogP contribution in [0.15, 0.2) is 34.2 Å². The van der Waals surface area contributed by atoms with Gasteiger partial charge < -0.3 is 15.4 Å². The summed E-state index contributed by atoms with van der Waals surface area (Å²) in [5.74, 6) is 0.758. The van der Waals surface area contributed by atoms with Crippen LogP contribution in [0, 0.1) is 0 Å². The summed E-state index contributed by atoms with van der Waals surface area (Å²) in [5.41, 5.74) is 1.03. The van der Waals surface area contributed by atoms with E-state index in [9.17, 15) is 8.42 Å². The molecule has 1 saturated carbocycles. The first-order chi connectivity index (χ1) is 13.0. The molecule has 0 amide bonds. The summed E-state index contributed by atoms with van der Waals surface area (Å²) in [6, 6.07) is 6.62. The van der Waals surface area contributed by atoms with Gasteiger partial charge in [-0.15, -0.1) is 24.0 Å². The van der Waals surface area contributed by atoms with E-state index in [1.54, 1.807) is 19.2 Å². The predicted octanol–water partition coefficient (Wildman–Crippen LogP) is 2.40. The lowest BCUT2D eigenvalue weighted by Crippen LogP contribution is -2.39. The molecule has 7 nitrogen and oxygen atoms in total. The summed E-state index contributed by atoms with van der Waals surface area (Å²) in [5, 5.41) is 11.6. The Morgan fingerprint density at radius 1 is 1.14 bits per heavy atom. The van der Waals surface area contributed by atoms with Crippen LogP contribution in [0.3, 0.4) is 0 Å². The number of hydrogen-bond acceptors (Lipinski definition) is 4. The highest BCUT2D eigenvalue weighted by Gasteiger charge is 2.13. The molecule has 2 rings (SSSR count). The van der Waals surface area contributed by atoms with Crippen molar-refractivity contribution in [3.8, 4) is 0 Å². The second kappa shape index (κ2) is 13.3. The Hall–Kier alpha value is -0.910. The Kier molecular flexibility index (Phi) is 12.0. The minimum Gasteiger partial charge on any atom is -0.378 e. The average molecular weight is 524 g/mol. The number of guanidine groups is 1. The Labute approximate surface area is 186 Å². The van der Waals surface area contributed by atoms with Crippen LogP contribution in [0.5, 0.6) is 0 Å². The highest BCUT2D eigenvalue weighted by Crippen LogP contribution is 2.20. The standard InChI is InChI=1S/C19H32N4O3S.HI/c1-21-19(22-13-5-15-26-17-6-3-2-4-7-17)23-14-12-16-8-10-18(11-9-16)27(20,24)25;/h8-11,17H,2-7,12-15H2,1H3,(H2,20,24,25)(H2,21,22,23);1H. The van der Waals surface area contributed by atoms with Gasteiger partial charge >= 0.3 is 0 Å².